The van der Waals surface area contributed by atoms with Crippen molar-refractivity contribution in [3.05, 3.63) is 35.4 Å². The topological polar surface area (TPSA) is 26.0 Å². The molecule has 0 radical (unpaired) electrons. The summed E-state index contributed by atoms with van der Waals surface area (Å²) >= 11 is 0. The van der Waals surface area contributed by atoms with Gasteiger partial charge < -0.3 is 5.73 Å². The van der Waals surface area contributed by atoms with E-state index in [9.17, 15) is 0 Å². The first-order chi connectivity index (χ1) is 8.22. The normalized spacial score (nSPS) is 20.4. The summed E-state index contributed by atoms with van der Waals surface area (Å²) in [6.07, 6.45) is 7.64. The van der Waals surface area contributed by atoms with Crippen molar-refractivity contribution >= 4 is 0 Å². The Bertz CT molecular complexity index is 364. The van der Waals surface area contributed by atoms with Crippen molar-refractivity contribution in [1.82, 2.24) is 0 Å². The maximum absolute atomic E-state index is 6.57. The maximum Gasteiger partial charge on any atom is 0.0352 e. The summed E-state index contributed by atoms with van der Waals surface area (Å²) in [5.41, 5.74) is 9.68. The maximum atomic E-state index is 6.57. The van der Waals surface area contributed by atoms with Crippen LogP contribution < -0.4 is 5.73 Å². The molecule has 0 aromatic heterocycles. The molecule has 1 unspecified atom stereocenters. The fraction of sp³-hybridized carbons (Fsp3) is 0.625. The predicted octanol–water partition coefficient (Wildman–Crippen LogP) is 4.22. The molecule has 1 aromatic carbocycles. The van der Waals surface area contributed by atoms with Crippen LogP contribution in [-0.2, 0) is 6.42 Å². The van der Waals surface area contributed by atoms with E-state index in [2.05, 4.69) is 38.1 Å². The molecule has 1 heteroatoms. The first-order valence-corrected chi connectivity index (χ1v) is 7.06. The van der Waals surface area contributed by atoms with Gasteiger partial charge in [-0.1, -0.05) is 51.0 Å². The Morgan fingerprint density at radius 3 is 2.53 bits per heavy atom. The van der Waals surface area contributed by atoms with Gasteiger partial charge in [-0.05, 0) is 42.2 Å². The van der Waals surface area contributed by atoms with Gasteiger partial charge in [0.25, 0.3) is 0 Å². The van der Waals surface area contributed by atoms with Crippen molar-refractivity contribution in [2.75, 3.05) is 0 Å². The smallest absolute Gasteiger partial charge is 0.0352 e. The largest absolute Gasteiger partial charge is 0.323 e. The van der Waals surface area contributed by atoms with Crippen molar-refractivity contribution < 1.29 is 0 Å². The number of hydrogen-bond donors (Lipinski definition) is 1. The highest BCUT2D eigenvalue weighted by Gasteiger charge is 2.38. The van der Waals surface area contributed by atoms with Gasteiger partial charge in [0.1, 0.15) is 0 Å². The van der Waals surface area contributed by atoms with Gasteiger partial charge in [0.2, 0.25) is 0 Å². The summed E-state index contributed by atoms with van der Waals surface area (Å²) in [4.78, 5) is 0. The predicted molar refractivity (Wildman–Crippen MR) is 73.9 cm³/mol. The molecule has 17 heavy (non-hydrogen) atoms. The molecule has 2 N–H and O–H groups in total. The lowest BCUT2D eigenvalue weighted by Gasteiger charge is -2.35. The second kappa shape index (κ2) is 5.22. The van der Waals surface area contributed by atoms with E-state index in [4.69, 9.17) is 5.73 Å². The average Bonchev–Trinajstić information content (AvgIpc) is 2.88. The third kappa shape index (κ3) is 2.40. The highest BCUT2D eigenvalue weighted by Crippen LogP contribution is 2.48. The first kappa shape index (κ1) is 12.6. The Labute approximate surface area is 105 Å². The second-order valence-corrected chi connectivity index (χ2v) is 5.50. The summed E-state index contributed by atoms with van der Waals surface area (Å²) in [6.45, 7) is 4.50. The summed E-state index contributed by atoms with van der Waals surface area (Å²) in [5.74, 6) is 0. The summed E-state index contributed by atoms with van der Waals surface area (Å²) < 4.78 is 0. The molecule has 0 spiro atoms. The van der Waals surface area contributed by atoms with E-state index in [1.807, 2.05) is 0 Å². The SMILES string of the molecule is CCc1cccc(C(N)C2(CC)CCCC2)c1. The minimum absolute atomic E-state index is 0.224. The third-order valence-corrected chi connectivity index (χ3v) is 4.68. The van der Waals surface area contributed by atoms with E-state index in [-0.39, 0.29) is 6.04 Å². The van der Waals surface area contributed by atoms with Crippen LogP contribution in [0.5, 0.6) is 0 Å². The number of nitrogens with two attached hydrogens (primary N) is 1. The van der Waals surface area contributed by atoms with Crippen LogP contribution in [0.1, 0.15) is 63.1 Å². The highest BCUT2D eigenvalue weighted by atomic mass is 14.7. The molecular weight excluding hydrogens is 206 g/mol. The van der Waals surface area contributed by atoms with Gasteiger partial charge in [0.05, 0.1) is 0 Å². The summed E-state index contributed by atoms with van der Waals surface area (Å²) in [7, 11) is 0. The summed E-state index contributed by atoms with van der Waals surface area (Å²) in [6, 6.07) is 9.09. The fourth-order valence-electron chi connectivity index (χ4n) is 3.32. The van der Waals surface area contributed by atoms with E-state index in [1.54, 1.807) is 0 Å². The lowest BCUT2D eigenvalue weighted by molar-refractivity contribution is 0.222. The van der Waals surface area contributed by atoms with E-state index in [0.29, 0.717) is 5.41 Å². The van der Waals surface area contributed by atoms with Gasteiger partial charge in [-0.15, -0.1) is 0 Å². The third-order valence-electron chi connectivity index (χ3n) is 4.68. The Hall–Kier alpha value is -0.820. The molecule has 1 aliphatic carbocycles. The second-order valence-electron chi connectivity index (χ2n) is 5.50. The molecule has 0 saturated heterocycles. The Morgan fingerprint density at radius 1 is 1.24 bits per heavy atom. The molecule has 1 aliphatic rings. The standard InChI is InChI=1S/C16H25N/c1-3-13-8-7-9-14(12-13)15(17)16(4-2)10-5-6-11-16/h7-9,12,15H,3-6,10-11,17H2,1-2H3. The number of rotatable bonds is 4. The van der Waals surface area contributed by atoms with Gasteiger partial charge >= 0.3 is 0 Å². The molecule has 1 aromatic rings. The van der Waals surface area contributed by atoms with Crippen LogP contribution in [0.15, 0.2) is 24.3 Å². The van der Waals surface area contributed by atoms with Crippen LogP contribution in [-0.4, -0.2) is 0 Å². The lowest BCUT2D eigenvalue weighted by Crippen LogP contribution is -2.31. The quantitative estimate of drug-likeness (QED) is 0.825. The van der Waals surface area contributed by atoms with E-state index in [1.165, 1.54) is 43.2 Å². The van der Waals surface area contributed by atoms with Crippen LogP contribution in [0.25, 0.3) is 0 Å². The number of benzene rings is 1. The van der Waals surface area contributed by atoms with Crippen molar-refractivity contribution in [2.24, 2.45) is 11.1 Å². The summed E-state index contributed by atoms with van der Waals surface area (Å²) in [5, 5.41) is 0. The van der Waals surface area contributed by atoms with Crippen LogP contribution >= 0.6 is 0 Å². The van der Waals surface area contributed by atoms with Gasteiger partial charge in [-0.3, -0.25) is 0 Å². The Balaban J connectivity index is 2.25. The molecule has 0 amide bonds. The van der Waals surface area contributed by atoms with E-state index in [0.717, 1.165) is 6.42 Å². The first-order valence-electron chi connectivity index (χ1n) is 7.06. The molecule has 1 fully saturated rings. The van der Waals surface area contributed by atoms with E-state index >= 15 is 0 Å². The van der Waals surface area contributed by atoms with Crippen LogP contribution in [0.4, 0.5) is 0 Å². The molecule has 0 heterocycles. The van der Waals surface area contributed by atoms with Crippen molar-refractivity contribution in [1.29, 1.82) is 0 Å². The number of hydrogen-bond acceptors (Lipinski definition) is 1. The molecule has 1 nitrogen and oxygen atoms in total. The minimum Gasteiger partial charge on any atom is -0.323 e. The zero-order valence-electron chi connectivity index (χ0n) is 11.2. The average molecular weight is 231 g/mol. The van der Waals surface area contributed by atoms with E-state index < -0.39 is 0 Å². The zero-order chi connectivity index (χ0) is 12.3. The van der Waals surface area contributed by atoms with Gasteiger partial charge in [-0.25, -0.2) is 0 Å². The Morgan fingerprint density at radius 2 is 1.94 bits per heavy atom. The molecular formula is C16H25N. The van der Waals surface area contributed by atoms with Gasteiger partial charge in [0.15, 0.2) is 0 Å². The van der Waals surface area contributed by atoms with Crippen molar-refractivity contribution in [3.63, 3.8) is 0 Å². The fourth-order valence-corrected chi connectivity index (χ4v) is 3.32. The van der Waals surface area contributed by atoms with Crippen molar-refractivity contribution in [3.8, 4) is 0 Å². The van der Waals surface area contributed by atoms with Crippen LogP contribution in [0.2, 0.25) is 0 Å². The monoisotopic (exact) mass is 231 g/mol. The number of aryl methyl sites for hydroxylation is 1. The zero-order valence-corrected chi connectivity index (χ0v) is 11.2. The molecule has 0 aliphatic heterocycles. The highest BCUT2D eigenvalue weighted by molar-refractivity contribution is 5.27. The lowest BCUT2D eigenvalue weighted by atomic mass is 9.74. The molecule has 1 atom stereocenters. The van der Waals surface area contributed by atoms with Crippen LogP contribution in [0, 0.1) is 5.41 Å². The van der Waals surface area contributed by atoms with Gasteiger partial charge in [0, 0.05) is 6.04 Å². The van der Waals surface area contributed by atoms with Crippen molar-refractivity contribution in [2.45, 2.75) is 58.4 Å². The molecule has 1 saturated carbocycles. The molecule has 0 bridgehead atoms. The molecule has 2 rings (SSSR count). The minimum atomic E-state index is 0.224. The van der Waals surface area contributed by atoms with Gasteiger partial charge in [-0.2, -0.15) is 0 Å². The Kier molecular flexibility index (Phi) is 3.88. The van der Waals surface area contributed by atoms with Crippen LogP contribution in [0.3, 0.4) is 0 Å². The molecule has 94 valence electrons.